The molecule has 1 atom stereocenters. The van der Waals surface area contributed by atoms with Crippen LogP contribution in [-0.4, -0.2) is 17.8 Å². The maximum Gasteiger partial charge on any atom is 0.116 e. The Morgan fingerprint density at radius 3 is 1.97 bits per heavy atom. The Bertz CT molecular complexity index is 888. The highest BCUT2D eigenvalue weighted by Crippen LogP contribution is 2.45. The SMILES string of the molecule is C=C(C)/C(C)=C(\C(=C)OC)C(C(=C(C)C)C(C)(C)O)c1ccc(C(=C)C)cc1C.[HH]. The van der Waals surface area contributed by atoms with E-state index in [4.69, 9.17) is 4.74 Å². The molecule has 0 aliphatic carbocycles. The number of benzene rings is 1. The molecule has 2 nitrogen and oxygen atoms in total. The molecule has 0 heterocycles. The summed E-state index contributed by atoms with van der Waals surface area (Å²) in [5, 5.41) is 11.1. The maximum atomic E-state index is 11.1. The van der Waals surface area contributed by atoms with Crippen molar-refractivity contribution in [3.8, 4) is 0 Å². The van der Waals surface area contributed by atoms with Gasteiger partial charge in [-0.25, -0.2) is 0 Å². The first-order valence-electron chi connectivity index (χ1n) is 10.0. The zero-order valence-corrected chi connectivity index (χ0v) is 19.8. The summed E-state index contributed by atoms with van der Waals surface area (Å²) < 4.78 is 5.62. The summed E-state index contributed by atoms with van der Waals surface area (Å²) in [6.45, 7) is 28.3. The Kier molecular flexibility index (Phi) is 8.06. The number of allylic oxidation sites excluding steroid dienone is 5. The quantitative estimate of drug-likeness (QED) is 0.280. The van der Waals surface area contributed by atoms with Gasteiger partial charge < -0.3 is 9.84 Å². The van der Waals surface area contributed by atoms with Gasteiger partial charge in [0.1, 0.15) is 5.76 Å². The molecule has 1 aromatic rings. The number of aliphatic hydroxyl groups is 1. The predicted molar refractivity (Wildman–Crippen MR) is 129 cm³/mol. The number of ether oxygens (including phenoxy) is 1. The van der Waals surface area contributed by atoms with E-state index < -0.39 is 5.60 Å². The lowest BCUT2D eigenvalue weighted by molar-refractivity contribution is 0.113. The van der Waals surface area contributed by atoms with E-state index in [1.54, 1.807) is 7.11 Å². The van der Waals surface area contributed by atoms with E-state index in [-0.39, 0.29) is 7.34 Å². The van der Waals surface area contributed by atoms with Crippen LogP contribution in [0.3, 0.4) is 0 Å². The summed E-state index contributed by atoms with van der Waals surface area (Å²) in [6, 6.07) is 6.38. The van der Waals surface area contributed by atoms with E-state index in [1.807, 2.05) is 48.5 Å². The van der Waals surface area contributed by atoms with E-state index >= 15 is 0 Å². The van der Waals surface area contributed by atoms with Gasteiger partial charge in [-0.3, -0.25) is 0 Å². The van der Waals surface area contributed by atoms with E-state index in [0.717, 1.165) is 50.1 Å². The molecule has 1 N–H and O–H groups in total. The Hall–Kier alpha value is -2.32. The van der Waals surface area contributed by atoms with Gasteiger partial charge in [0, 0.05) is 12.9 Å². The van der Waals surface area contributed by atoms with Crippen molar-refractivity contribution in [2.45, 2.75) is 66.9 Å². The van der Waals surface area contributed by atoms with Gasteiger partial charge in [0.25, 0.3) is 0 Å². The lowest BCUT2D eigenvalue weighted by Gasteiger charge is -2.35. The van der Waals surface area contributed by atoms with Crippen molar-refractivity contribution < 1.29 is 11.3 Å². The second-order valence-corrected chi connectivity index (χ2v) is 8.70. The molecule has 160 valence electrons. The standard InChI is InChI=1S/C27H38O2.H2/c1-16(2)20(8)24(21(9)29-12)25(26(18(5)6)27(10,11)28)23-14-13-22(17(3)4)15-19(23)7;/h13-15,25,28H,1,3,9H2,2,4-8,10-12H3;1H/b24-20+;. The highest BCUT2D eigenvalue weighted by atomic mass is 16.5. The average Bonchev–Trinajstić information content (AvgIpc) is 2.58. The van der Waals surface area contributed by atoms with Crippen molar-refractivity contribution in [3.63, 3.8) is 0 Å². The second-order valence-electron chi connectivity index (χ2n) is 8.70. The van der Waals surface area contributed by atoms with Gasteiger partial charge in [0.05, 0.1) is 12.7 Å². The lowest BCUT2D eigenvalue weighted by Crippen LogP contribution is -2.30. The predicted octanol–water partition coefficient (Wildman–Crippen LogP) is 7.52. The van der Waals surface area contributed by atoms with Gasteiger partial charge in [-0.2, -0.15) is 0 Å². The van der Waals surface area contributed by atoms with Crippen LogP contribution in [0.5, 0.6) is 0 Å². The van der Waals surface area contributed by atoms with Gasteiger partial charge in [-0.05, 0) is 83.2 Å². The molecule has 0 saturated carbocycles. The van der Waals surface area contributed by atoms with Gasteiger partial charge in [-0.15, -0.1) is 0 Å². The Morgan fingerprint density at radius 2 is 1.62 bits per heavy atom. The van der Waals surface area contributed by atoms with Crippen LogP contribution in [-0.2, 0) is 4.74 Å². The number of hydrogen-bond donors (Lipinski definition) is 1. The third-order valence-corrected chi connectivity index (χ3v) is 5.44. The Balaban J connectivity index is 0.00000841. The van der Waals surface area contributed by atoms with Gasteiger partial charge in [0.15, 0.2) is 0 Å². The zero-order chi connectivity index (χ0) is 22.7. The van der Waals surface area contributed by atoms with Crippen LogP contribution in [0, 0.1) is 6.92 Å². The first-order chi connectivity index (χ1) is 13.2. The molecule has 0 amide bonds. The first-order valence-corrected chi connectivity index (χ1v) is 10.0. The average molecular weight is 397 g/mol. The molecule has 1 rings (SSSR count). The molecule has 0 aliphatic heterocycles. The van der Waals surface area contributed by atoms with Gasteiger partial charge in [-0.1, -0.05) is 54.7 Å². The minimum absolute atomic E-state index is 0. The zero-order valence-electron chi connectivity index (χ0n) is 19.8. The fraction of sp³-hybridized carbons (Fsp3) is 0.407. The summed E-state index contributed by atoms with van der Waals surface area (Å²) >= 11 is 0. The van der Waals surface area contributed by atoms with Crippen molar-refractivity contribution in [1.82, 2.24) is 0 Å². The Labute approximate surface area is 179 Å². The van der Waals surface area contributed by atoms with Crippen LogP contribution in [0.4, 0.5) is 0 Å². The lowest BCUT2D eigenvalue weighted by atomic mass is 9.72. The molecule has 0 aromatic heterocycles. The van der Waals surface area contributed by atoms with E-state index in [9.17, 15) is 5.11 Å². The minimum atomic E-state index is -1.02. The molecule has 1 unspecified atom stereocenters. The van der Waals surface area contributed by atoms with Crippen LogP contribution >= 0.6 is 0 Å². The molecule has 0 aliphatic rings. The number of rotatable bonds is 8. The van der Waals surface area contributed by atoms with Crippen LogP contribution in [0.1, 0.15) is 72.5 Å². The van der Waals surface area contributed by atoms with Crippen LogP contribution < -0.4 is 0 Å². The third kappa shape index (κ3) is 5.61. The molecule has 29 heavy (non-hydrogen) atoms. The van der Waals surface area contributed by atoms with Crippen LogP contribution in [0.2, 0.25) is 0 Å². The largest absolute Gasteiger partial charge is 0.497 e. The fourth-order valence-corrected chi connectivity index (χ4v) is 3.90. The third-order valence-electron chi connectivity index (χ3n) is 5.44. The van der Waals surface area contributed by atoms with Crippen LogP contribution in [0.25, 0.3) is 5.57 Å². The summed E-state index contributed by atoms with van der Waals surface area (Å²) in [5.41, 5.74) is 8.30. The molecule has 1 aromatic carbocycles. The van der Waals surface area contributed by atoms with Gasteiger partial charge in [0.2, 0.25) is 0 Å². The summed E-state index contributed by atoms with van der Waals surface area (Å²) in [6.07, 6.45) is 0. The van der Waals surface area contributed by atoms with Crippen molar-refractivity contribution in [3.05, 3.63) is 88.3 Å². The topological polar surface area (TPSA) is 29.5 Å². The maximum absolute atomic E-state index is 11.1. The molecular weight excluding hydrogens is 356 g/mol. The first kappa shape index (κ1) is 24.7. The van der Waals surface area contributed by atoms with Crippen molar-refractivity contribution in [2.24, 2.45) is 0 Å². The van der Waals surface area contributed by atoms with Crippen molar-refractivity contribution in [1.29, 1.82) is 0 Å². The highest BCUT2D eigenvalue weighted by Gasteiger charge is 2.35. The van der Waals surface area contributed by atoms with E-state index in [0.29, 0.717) is 5.76 Å². The smallest absolute Gasteiger partial charge is 0.116 e. The molecule has 2 heteroatoms. The summed E-state index contributed by atoms with van der Waals surface area (Å²) in [4.78, 5) is 0. The Morgan fingerprint density at radius 1 is 1.07 bits per heavy atom. The monoisotopic (exact) mass is 396 g/mol. The second kappa shape index (κ2) is 9.45. The molecule has 0 fully saturated rings. The van der Waals surface area contributed by atoms with Crippen LogP contribution in [0.15, 0.2) is 71.6 Å². The highest BCUT2D eigenvalue weighted by molar-refractivity contribution is 5.64. The van der Waals surface area contributed by atoms with Crippen molar-refractivity contribution >= 4 is 5.57 Å². The molecule has 0 radical (unpaired) electrons. The van der Waals surface area contributed by atoms with Gasteiger partial charge >= 0.3 is 0 Å². The summed E-state index contributed by atoms with van der Waals surface area (Å²) in [5.74, 6) is 0.380. The molecular formula is C27H40O2. The molecule has 0 spiro atoms. The van der Waals surface area contributed by atoms with Crippen molar-refractivity contribution in [2.75, 3.05) is 7.11 Å². The molecule has 0 bridgehead atoms. The van der Waals surface area contributed by atoms with E-state index in [1.165, 1.54) is 0 Å². The number of hydrogen-bond acceptors (Lipinski definition) is 2. The minimum Gasteiger partial charge on any atom is -0.497 e. The fourth-order valence-electron chi connectivity index (χ4n) is 3.90. The van der Waals surface area contributed by atoms with E-state index in [2.05, 4.69) is 44.9 Å². The number of methoxy groups -OCH3 is 1. The number of aryl methyl sites for hydroxylation is 1. The molecule has 0 saturated heterocycles. The summed E-state index contributed by atoms with van der Waals surface area (Å²) in [7, 11) is 1.63. The normalized spacial score (nSPS) is 13.3.